The number of guanidine groups is 1. The number of nitrogens with one attached hydrogen (secondary N) is 2. The van der Waals surface area contributed by atoms with Crippen molar-refractivity contribution in [2.75, 3.05) is 13.1 Å². The number of para-hydroxylation sites is 2. The second-order valence-electron chi connectivity index (χ2n) is 6.31. The van der Waals surface area contributed by atoms with Crippen LogP contribution in [0.1, 0.15) is 25.0 Å². The third-order valence-electron chi connectivity index (χ3n) is 4.26. The van der Waals surface area contributed by atoms with E-state index in [1.165, 1.54) is 16.6 Å². The molecule has 1 heterocycles. The molecular formula is C21H27N6+. The number of hydrogen-bond acceptors (Lipinski definition) is 2. The summed E-state index contributed by atoms with van der Waals surface area (Å²) in [5, 5.41) is 7.40. The summed E-state index contributed by atoms with van der Waals surface area (Å²) in [6, 6.07) is 16.9. The molecule has 0 unspecified atom stereocenters. The molecule has 0 saturated carbocycles. The van der Waals surface area contributed by atoms with E-state index in [9.17, 15) is 0 Å². The van der Waals surface area contributed by atoms with E-state index in [1.54, 1.807) is 6.21 Å². The highest BCUT2D eigenvalue weighted by molar-refractivity contribution is 5.83. The lowest BCUT2D eigenvalue weighted by atomic mass is 10.1. The van der Waals surface area contributed by atoms with Crippen LogP contribution in [0.2, 0.25) is 0 Å². The third kappa shape index (κ3) is 4.73. The molecule has 0 saturated heterocycles. The molecule has 6 heteroatoms. The molecule has 0 atom stereocenters. The fourth-order valence-electron chi connectivity index (χ4n) is 2.99. The summed E-state index contributed by atoms with van der Waals surface area (Å²) in [6.07, 6.45) is 3.94. The first-order valence-corrected chi connectivity index (χ1v) is 9.31. The summed E-state index contributed by atoms with van der Waals surface area (Å²) in [5.41, 5.74) is 7.71. The minimum absolute atomic E-state index is 0.695. The van der Waals surface area contributed by atoms with Gasteiger partial charge in [-0.2, -0.15) is 5.10 Å². The molecule has 3 rings (SSSR count). The first kappa shape index (κ1) is 18.6. The van der Waals surface area contributed by atoms with Crippen molar-refractivity contribution < 1.29 is 4.57 Å². The van der Waals surface area contributed by atoms with Gasteiger partial charge in [0.05, 0.1) is 13.3 Å². The standard InChI is InChI=1S/C21H27N6/c1-4-22-21(23-5-2)25-24-14-17-10-12-18(13-11-17)15-27-16-26(3)19-8-6-7-9-20(19)27/h6-14,16H,4-5,15H2,1-3H3,(H2,22,23,25)/q+1/b24-14+. The van der Waals surface area contributed by atoms with Gasteiger partial charge in [0, 0.05) is 13.1 Å². The van der Waals surface area contributed by atoms with Gasteiger partial charge in [-0.05, 0) is 37.1 Å². The molecule has 140 valence electrons. The maximum Gasteiger partial charge on any atom is 0.244 e. The Kier molecular flexibility index (Phi) is 6.20. The summed E-state index contributed by atoms with van der Waals surface area (Å²) < 4.78 is 4.42. The van der Waals surface area contributed by atoms with Crippen molar-refractivity contribution in [3.05, 3.63) is 66.0 Å². The Balaban J connectivity index is 1.66. The second-order valence-corrected chi connectivity index (χ2v) is 6.31. The fourth-order valence-corrected chi connectivity index (χ4v) is 2.99. The molecule has 2 N–H and O–H groups in total. The minimum atomic E-state index is 0.695. The lowest BCUT2D eigenvalue weighted by Gasteiger charge is -2.05. The van der Waals surface area contributed by atoms with Crippen LogP contribution in [0.25, 0.3) is 11.0 Å². The van der Waals surface area contributed by atoms with Crippen molar-refractivity contribution in [1.82, 2.24) is 15.3 Å². The molecule has 6 nitrogen and oxygen atoms in total. The normalized spacial score (nSPS) is 12.0. The molecule has 0 spiro atoms. The average Bonchev–Trinajstić information content (AvgIpc) is 2.99. The highest BCUT2D eigenvalue weighted by atomic mass is 15.4. The molecule has 0 aliphatic rings. The van der Waals surface area contributed by atoms with Gasteiger partial charge in [-0.3, -0.25) is 4.99 Å². The highest BCUT2D eigenvalue weighted by Gasteiger charge is 2.12. The second kappa shape index (κ2) is 8.98. The molecule has 27 heavy (non-hydrogen) atoms. The van der Waals surface area contributed by atoms with Gasteiger partial charge < -0.3 is 5.32 Å². The number of rotatable bonds is 6. The third-order valence-corrected chi connectivity index (χ3v) is 4.26. The van der Waals surface area contributed by atoms with Crippen LogP contribution in [0.4, 0.5) is 0 Å². The summed E-state index contributed by atoms with van der Waals surface area (Å²) >= 11 is 0. The van der Waals surface area contributed by atoms with Crippen molar-refractivity contribution in [1.29, 1.82) is 0 Å². The Morgan fingerprint density at radius 3 is 2.63 bits per heavy atom. The maximum atomic E-state index is 4.31. The van der Waals surface area contributed by atoms with Gasteiger partial charge in [-0.1, -0.05) is 36.4 Å². The van der Waals surface area contributed by atoms with E-state index in [1.807, 2.05) is 13.8 Å². The molecule has 0 bridgehead atoms. The van der Waals surface area contributed by atoms with E-state index in [4.69, 9.17) is 0 Å². The molecule has 0 fully saturated rings. The number of nitrogens with zero attached hydrogens (tertiary/aromatic N) is 4. The summed E-state index contributed by atoms with van der Waals surface area (Å²) in [4.78, 5) is 4.31. The van der Waals surface area contributed by atoms with Gasteiger partial charge in [0.25, 0.3) is 0 Å². The molecule has 0 radical (unpaired) electrons. The van der Waals surface area contributed by atoms with E-state index >= 15 is 0 Å². The van der Waals surface area contributed by atoms with E-state index in [0.29, 0.717) is 12.5 Å². The number of imidazole rings is 1. The van der Waals surface area contributed by atoms with Crippen LogP contribution in [0.5, 0.6) is 0 Å². The Bertz CT molecular complexity index is 937. The van der Waals surface area contributed by atoms with Crippen LogP contribution >= 0.6 is 0 Å². The number of fused-ring (bicyclic) bond motifs is 1. The van der Waals surface area contributed by atoms with Crippen LogP contribution in [0.15, 0.2) is 65.0 Å². The summed E-state index contributed by atoms with van der Waals surface area (Å²) in [7, 11) is 2.08. The van der Waals surface area contributed by atoms with Gasteiger partial charge >= 0.3 is 0 Å². The SMILES string of the molecule is CCN=C(NCC)N/N=C/c1ccc(Cn2c[n+](C)c3ccccc32)cc1. The average molecular weight is 363 g/mol. The molecule has 1 aromatic heterocycles. The lowest BCUT2D eigenvalue weighted by Crippen LogP contribution is -2.34. The Morgan fingerprint density at radius 1 is 1.11 bits per heavy atom. The number of hydrazone groups is 1. The number of hydrogen-bond donors (Lipinski definition) is 2. The number of aryl methyl sites for hydroxylation is 1. The Morgan fingerprint density at radius 2 is 1.89 bits per heavy atom. The molecular weight excluding hydrogens is 336 g/mol. The minimum Gasteiger partial charge on any atom is -0.355 e. The van der Waals surface area contributed by atoms with Gasteiger partial charge in [0.15, 0.2) is 11.0 Å². The molecule has 0 aliphatic heterocycles. The smallest absolute Gasteiger partial charge is 0.244 e. The fraction of sp³-hybridized carbons (Fsp3) is 0.286. The first-order valence-electron chi connectivity index (χ1n) is 9.31. The molecule has 2 aromatic carbocycles. The highest BCUT2D eigenvalue weighted by Crippen LogP contribution is 2.13. The Hall–Kier alpha value is -3.15. The number of aliphatic imine (C=N–C) groups is 1. The van der Waals surface area contributed by atoms with Crippen LogP contribution in [0, 0.1) is 0 Å². The van der Waals surface area contributed by atoms with E-state index < -0.39 is 0 Å². The van der Waals surface area contributed by atoms with Crippen LogP contribution in [-0.4, -0.2) is 29.8 Å². The predicted octanol–water partition coefficient (Wildman–Crippen LogP) is 2.42. The van der Waals surface area contributed by atoms with E-state index in [2.05, 4.69) is 91.9 Å². The Labute approximate surface area is 160 Å². The van der Waals surface area contributed by atoms with Crippen LogP contribution < -0.4 is 15.3 Å². The summed E-state index contributed by atoms with van der Waals surface area (Å²) in [5.74, 6) is 0.695. The van der Waals surface area contributed by atoms with E-state index in [0.717, 1.165) is 18.7 Å². The van der Waals surface area contributed by atoms with Gasteiger partial charge in [0.2, 0.25) is 12.3 Å². The van der Waals surface area contributed by atoms with Crippen molar-refractivity contribution in [3.63, 3.8) is 0 Å². The number of benzene rings is 2. The lowest BCUT2D eigenvalue weighted by molar-refractivity contribution is -0.645. The number of aromatic nitrogens is 2. The largest absolute Gasteiger partial charge is 0.355 e. The zero-order valence-electron chi connectivity index (χ0n) is 16.2. The predicted molar refractivity (Wildman–Crippen MR) is 111 cm³/mol. The van der Waals surface area contributed by atoms with Gasteiger partial charge in [-0.15, -0.1) is 0 Å². The van der Waals surface area contributed by atoms with Gasteiger partial charge in [-0.25, -0.2) is 14.6 Å². The van der Waals surface area contributed by atoms with Crippen molar-refractivity contribution >= 4 is 23.2 Å². The molecule has 3 aromatic rings. The molecule has 0 amide bonds. The van der Waals surface area contributed by atoms with Crippen molar-refractivity contribution in [2.24, 2.45) is 17.1 Å². The zero-order valence-corrected chi connectivity index (χ0v) is 16.2. The maximum absolute atomic E-state index is 4.31. The van der Waals surface area contributed by atoms with Gasteiger partial charge in [0.1, 0.15) is 6.54 Å². The van der Waals surface area contributed by atoms with Crippen LogP contribution in [-0.2, 0) is 13.6 Å². The zero-order chi connectivity index (χ0) is 19.1. The van der Waals surface area contributed by atoms with Crippen molar-refractivity contribution in [2.45, 2.75) is 20.4 Å². The summed E-state index contributed by atoms with van der Waals surface area (Å²) in [6.45, 7) is 6.39. The molecule has 0 aliphatic carbocycles. The van der Waals surface area contributed by atoms with E-state index in [-0.39, 0.29) is 0 Å². The first-order chi connectivity index (χ1) is 13.2. The van der Waals surface area contributed by atoms with Crippen molar-refractivity contribution in [3.8, 4) is 0 Å². The van der Waals surface area contributed by atoms with Crippen LogP contribution in [0.3, 0.4) is 0 Å². The quantitative estimate of drug-likeness (QED) is 0.306. The topological polar surface area (TPSA) is 57.6 Å². The monoisotopic (exact) mass is 363 g/mol.